The van der Waals surface area contributed by atoms with Crippen LogP contribution in [0.5, 0.6) is 0 Å². The number of carbonyl (C=O) groups is 1. The standard InChI is InChI=1S/C10H8INO2S2/c1-2-12-9(13)7(16-10(12)15)5-6-3-4-8(11)14-6/h3-5H,2H2,1H3/b7-5-. The maximum absolute atomic E-state index is 11.9. The number of hydrogen-bond acceptors (Lipinski definition) is 4. The van der Waals surface area contributed by atoms with Crippen LogP contribution in [0.2, 0.25) is 0 Å². The number of thioether (sulfide) groups is 1. The molecule has 84 valence electrons. The third-order valence-corrected chi connectivity index (χ3v) is 4.01. The normalized spacial score (nSPS) is 18.9. The molecule has 0 aromatic carbocycles. The van der Waals surface area contributed by atoms with Crippen molar-refractivity contribution in [2.75, 3.05) is 6.54 Å². The molecule has 16 heavy (non-hydrogen) atoms. The minimum atomic E-state index is -0.0380. The molecule has 2 rings (SSSR count). The van der Waals surface area contributed by atoms with Crippen molar-refractivity contribution in [3.05, 3.63) is 26.6 Å². The molecule has 1 saturated heterocycles. The van der Waals surface area contributed by atoms with E-state index in [2.05, 4.69) is 22.6 Å². The quantitative estimate of drug-likeness (QED) is 0.458. The van der Waals surface area contributed by atoms with Crippen molar-refractivity contribution < 1.29 is 9.21 Å². The molecular weight excluding hydrogens is 357 g/mol. The Kier molecular flexibility index (Phi) is 3.70. The molecule has 0 N–H and O–H groups in total. The van der Waals surface area contributed by atoms with Gasteiger partial charge < -0.3 is 4.42 Å². The van der Waals surface area contributed by atoms with Crippen molar-refractivity contribution in [2.45, 2.75) is 6.92 Å². The number of thiocarbonyl (C=S) groups is 1. The van der Waals surface area contributed by atoms with Gasteiger partial charge in [0.15, 0.2) is 3.77 Å². The first-order valence-corrected chi connectivity index (χ1v) is 6.93. The monoisotopic (exact) mass is 365 g/mol. The van der Waals surface area contributed by atoms with Crippen LogP contribution in [0.25, 0.3) is 6.08 Å². The fraction of sp³-hybridized carbons (Fsp3) is 0.200. The Morgan fingerprint density at radius 2 is 2.38 bits per heavy atom. The van der Waals surface area contributed by atoms with Gasteiger partial charge in [-0.3, -0.25) is 9.69 Å². The van der Waals surface area contributed by atoms with Crippen molar-refractivity contribution in [3.8, 4) is 0 Å². The number of likely N-dealkylation sites (N-methyl/N-ethyl adjacent to an activating group) is 1. The second-order valence-corrected chi connectivity index (χ2v) is 5.81. The van der Waals surface area contributed by atoms with Gasteiger partial charge in [0.2, 0.25) is 0 Å². The molecule has 0 unspecified atom stereocenters. The van der Waals surface area contributed by atoms with E-state index in [9.17, 15) is 4.79 Å². The molecule has 1 aliphatic heterocycles. The first-order valence-electron chi connectivity index (χ1n) is 4.62. The highest BCUT2D eigenvalue weighted by atomic mass is 127. The van der Waals surface area contributed by atoms with E-state index in [4.69, 9.17) is 16.6 Å². The van der Waals surface area contributed by atoms with E-state index in [1.54, 1.807) is 11.0 Å². The summed E-state index contributed by atoms with van der Waals surface area (Å²) in [6.07, 6.45) is 1.73. The van der Waals surface area contributed by atoms with Crippen LogP contribution in [-0.2, 0) is 4.79 Å². The Balaban J connectivity index is 2.27. The molecule has 0 saturated carbocycles. The first-order chi connectivity index (χ1) is 7.61. The van der Waals surface area contributed by atoms with Crippen molar-refractivity contribution in [1.82, 2.24) is 4.90 Å². The molecule has 0 atom stereocenters. The molecule has 1 fully saturated rings. The second-order valence-electron chi connectivity index (χ2n) is 3.07. The number of hydrogen-bond donors (Lipinski definition) is 0. The minimum absolute atomic E-state index is 0.0380. The lowest BCUT2D eigenvalue weighted by molar-refractivity contribution is -0.121. The van der Waals surface area contributed by atoms with E-state index < -0.39 is 0 Å². The zero-order valence-corrected chi connectivity index (χ0v) is 12.2. The third-order valence-electron chi connectivity index (χ3n) is 2.06. The Labute approximate surface area is 116 Å². The van der Waals surface area contributed by atoms with E-state index in [0.29, 0.717) is 21.5 Å². The van der Waals surface area contributed by atoms with E-state index in [1.807, 2.05) is 19.1 Å². The predicted molar refractivity (Wildman–Crippen MR) is 77.0 cm³/mol. The summed E-state index contributed by atoms with van der Waals surface area (Å²) in [6.45, 7) is 2.52. The van der Waals surface area contributed by atoms with Crippen LogP contribution < -0.4 is 0 Å². The molecule has 3 nitrogen and oxygen atoms in total. The molecular formula is C10H8INO2S2. The SMILES string of the molecule is CCN1C(=O)/C(=C/c2ccc(I)o2)SC1=S. The van der Waals surface area contributed by atoms with E-state index in [0.717, 1.165) is 3.77 Å². The Morgan fingerprint density at radius 3 is 2.88 bits per heavy atom. The van der Waals surface area contributed by atoms with Crippen LogP contribution in [0, 0.1) is 3.77 Å². The zero-order chi connectivity index (χ0) is 11.7. The zero-order valence-electron chi connectivity index (χ0n) is 8.40. The first kappa shape index (κ1) is 12.1. The Bertz CT molecular complexity index is 481. The highest BCUT2D eigenvalue weighted by Gasteiger charge is 2.30. The topological polar surface area (TPSA) is 33.5 Å². The summed E-state index contributed by atoms with van der Waals surface area (Å²) in [5.41, 5.74) is 0. The van der Waals surface area contributed by atoms with Crippen LogP contribution in [0.4, 0.5) is 0 Å². The summed E-state index contributed by atoms with van der Waals surface area (Å²) in [6, 6.07) is 3.69. The van der Waals surface area contributed by atoms with Gasteiger partial charge in [0.05, 0.1) is 4.91 Å². The molecule has 0 radical (unpaired) electrons. The minimum Gasteiger partial charge on any atom is -0.451 e. The third kappa shape index (κ3) is 2.33. The fourth-order valence-corrected chi connectivity index (χ4v) is 3.11. The fourth-order valence-electron chi connectivity index (χ4n) is 1.31. The van der Waals surface area contributed by atoms with Gasteiger partial charge in [-0.05, 0) is 41.6 Å². The van der Waals surface area contributed by atoms with Crippen molar-refractivity contribution >= 4 is 62.9 Å². The van der Waals surface area contributed by atoms with Crippen LogP contribution in [0.1, 0.15) is 12.7 Å². The smallest absolute Gasteiger partial charge is 0.266 e. The maximum Gasteiger partial charge on any atom is 0.266 e. The predicted octanol–water partition coefficient (Wildman–Crippen LogP) is 3.11. The highest BCUT2D eigenvalue weighted by molar-refractivity contribution is 14.1. The molecule has 1 amide bonds. The average molecular weight is 365 g/mol. The molecule has 1 aromatic heterocycles. The second kappa shape index (κ2) is 4.89. The lowest BCUT2D eigenvalue weighted by Crippen LogP contribution is -2.27. The van der Waals surface area contributed by atoms with Crippen molar-refractivity contribution in [1.29, 1.82) is 0 Å². The van der Waals surface area contributed by atoms with Gasteiger partial charge in [-0.25, -0.2) is 0 Å². The van der Waals surface area contributed by atoms with Gasteiger partial charge in [0.25, 0.3) is 5.91 Å². The highest BCUT2D eigenvalue weighted by Crippen LogP contribution is 2.32. The number of carbonyl (C=O) groups excluding carboxylic acids is 1. The summed E-state index contributed by atoms with van der Waals surface area (Å²) in [5.74, 6) is 0.643. The average Bonchev–Trinajstić information content (AvgIpc) is 2.74. The number of amides is 1. The summed E-state index contributed by atoms with van der Waals surface area (Å²) in [7, 11) is 0. The van der Waals surface area contributed by atoms with Gasteiger partial charge in [0.1, 0.15) is 10.1 Å². The number of halogens is 1. The lowest BCUT2D eigenvalue weighted by atomic mass is 10.3. The van der Waals surface area contributed by atoms with Gasteiger partial charge in [-0.2, -0.15) is 0 Å². The van der Waals surface area contributed by atoms with E-state index in [1.165, 1.54) is 11.8 Å². The van der Waals surface area contributed by atoms with Gasteiger partial charge in [-0.1, -0.05) is 24.0 Å². The molecule has 0 bridgehead atoms. The van der Waals surface area contributed by atoms with Crippen LogP contribution in [0.3, 0.4) is 0 Å². The summed E-state index contributed by atoms with van der Waals surface area (Å²) >= 11 is 8.51. The van der Waals surface area contributed by atoms with E-state index >= 15 is 0 Å². The molecule has 1 aliphatic rings. The Hall–Kier alpha value is -0.340. The molecule has 6 heteroatoms. The van der Waals surface area contributed by atoms with E-state index in [-0.39, 0.29) is 5.91 Å². The summed E-state index contributed by atoms with van der Waals surface area (Å²) < 4.78 is 6.79. The summed E-state index contributed by atoms with van der Waals surface area (Å²) in [4.78, 5) is 14.1. The van der Waals surface area contributed by atoms with Crippen molar-refractivity contribution in [3.63, 3.8) is 0 Å². The Morgan fingerprint density at radius 1 is 1.62 bits per heavy atom. The van der Waals surface area contributed by atoms with Gasteiger partial charge in [0, 0.05) is 12.6 Å². The number of rotatable bonds is 2. The maximum atomic E-state index is 11.9. The number of nitrogens with zero attached hydrogens (tertiary/aromatic N) is 1. The number of furan rings is 1. The molecule has 0 spiro atoms. The summed E-state index contributed by atoms with van der Waals surface area (Å²) in [5, 5.41) is 0. The molecule has 0 aliphatic carbocycles. The van der Waals surface area contributed by atoms with Crippen LogP contribution >= 0.6 is 46.6 Å². The van der Waals surface area contributed by atoms with Crippen molar-refractivity contribution in [2.24, 2.45) is 0 Å². The largest absolute Gasteiger partial charge is 0.451 e. The molecule has 2 heterocycles. The van der Waals surface area contributed by atoms with Gasteiger partial charge >= 0.3 is 0 Å². The van der Waals surface area contributed by atoms with Crippen LogP contribution in [0.15, 0.2) is 21.5 Å². The van der Waals surface area contributed by atoms with Crippen LogP contribution in [-0.4, -0.2) is 21.7 Å². The van der Waals surface area contributed by atoms with Gasteiger partial charge in [-0.15, -0.1) is 0 Å². The molecule has 1 aromatic rings. The lowest BCUT2D eigenvalue weighted by Gasteiger charge is -2.09.